The minimum Gasteiger partial charge on any atom is -0.354 e. The SMILES string of the molecule is Clc1ccc(C[NH+]2CCc3c([nH]c4ccccc34)C2)cc1Cl. The Kier molecular flexibility index (Phi) is 3.61. The third-order valence-electron chi connectivity index (χ3n) is 4.50. The van der Waals surface area contributed by atoms with Gasteiger partial charge in [-0.25, -0.2) is 0 Å². The summed E-state index contributed by atoms with van der Waals surface area (Å²) in [6.45, 7) is 3.16. The summed E-state index contributed by atoms with van der Waals surface area (Å²) in [5.74, 6) is 0. The number of nitrogens with one attached hydrogen (secondary N) is 2. The number of hydrogen-bond acceptors (Lipinski definition) is 0. The van der Waals surface area contributed by atoms with Crippen LogP contribution in [0.4, 0.5) is 0 Å². The lowest BCUT2D eigenvalue weighted by atomic mass is 10.0. The van der Waals surface area contributed by atoms with Crippen LogP contribution in [0.5, 0.6) is 0 Å². The number of aromatic nitrogens is 1. The van der Waals surface area contributed by atoms with Gasteiger partial charge in [-0.2, -0.15) is 0 Å². The minimum atomic E-state index is 0.622. The van der Waals surface area contributed by atoms with Crippen LogP contribution in [0.15, 0.2) is 42.5 Å². The first-order valence-corrected chi connectivity index (χ1v) is 8.32. The molecule has 3 aromatic rings. The predicted octanol–water partition coefficient (Wildman–Crippen LogP) is 3.62. The zero-order valence-corrected chi connectivity index (χ0v) is 13.6. The molecule has 2 heterocycles. The van der Waals surface area contributed by atoms with Gasteiger partial charge >= 0.3 is 0 Å². The van der Waals surface area contributed by atoms with E-state index in [4.69, 9.17) is 23.2 Å². The highest BCUT2D eigenvalue weighted by Crippen LogP contribution is 2.24. The van der Waals surface area contributed by atoms with E-state index in [0.717, 1.165) is 26.1 Å². The van der Waals surface area contributed by atoms with Crippen molar-refractivity contribution in [2.45, 2.75) is 19.5 Å². The second-order valence-electron chi connectivity index (χ2n) is 5.98. The van der Waals surface area contributed by atoms with Crippen LogP contribution in [-0.2, 0) is 19.5 Å². The Balaban J connectivity index is 1.57. The molecule has 2 nitrogen and oxygen atoms in total. The summed E-state index contributed by atoms with van der Waals surface area (Å²) in [5, 5.41) is 2.64. The first-order chi connectivity index (χ1) is 10.7. The molecule has 0 radical (unpaired) electrons. The molecule has 0 saturated carbocycles. The smallest absolute Gasteiger partial charge is 0.118 e. The highest BCUT2D eigenvalue weighted by molar-refractivity contribution is 6.42. The van der Waals surface area contributed by atoms with Crippen LogP contribution in [0, 0.1) is 0 Å². The van der Waals surface area contributed by atoms with Crippen LogP contribution in [-0.4, -0.2) is 11.5 Å². The van der Waals surface area contributed by atoms with E-state index in [0.29, 0.717) is 10.0 Å². The summed E-state index contributed by atoms with van der Waals surface area (Å²) in [4.78, 5) is 5.14. The summed E-state index contributed by atoms with van der Waals surface area (Å²) in [5.41, 5.74) is 5.36. The lowest BCUT2D eigenvalue weighted by molar-refractivity contribution is -0.929. The Bertz CT molecular complexity index is 838. The van der Waals surface area contributed by atoms with Gasteiger partial charge < -0.3 is 9.88 Å². The molecule has 0 amide bonds. The second kappa shape index (κ2) is 5.62. The molecule has 0 bridgehead atoms. The van der Waals surface area contributed by atoms with Crippen LogP contribution in [0.3, 0.4) is 0 Å². The van der Waals surface area contributed by atoms with Gasteiger partial charge in [-0.05, 0) is 23.8 Å². The summed E-state index contributed by atoms with van der Waals surface area (Å²) in [7, 11) is 0. The van der Waals surface area contributed by atoms with Gasteiger partial charge in [0.2, 0.25) is 0 Å². The van der Waals surface area contributed by atoms with Crippen LogP contribution in [0.2, 0.25) is 10.0 Å². The predicted molar refractivity (Wildman–Crippen MR) is 91.7 cm³/mol. The molecule has 22 heavy (non-hydrogen) atoms. The molecule has 4 heteroatoms. The highest BCUT2D eigenvalue weighted by Gasteiger charge is 2.23. The fraction of sp³-hybridized carbons (Fsp3) is 0.222. The Morgan fingerprint density at radius 3 is 2.77 bits per heavy atom. The van der Waals surface area contributed by atoms with E-state index in [1.54, 1.807) is 4.90 Å². The molecular weight excluding hydrogens is 315 g/mol. The van der Waals surface area contributed by atoms with E-state index in [2.05, 4.69) is 35.3 Å². The molecule has 0 saturated heterocycles. The topological polar surface area (TPSA) is 20.2 Å². The Labute approximate surface area is 139 Å². The monoisotopic (exact) mass is 331 g/mol. The lowest BCUT2D eigenvalue weighted by Gasteiger charge is -2.24. The maximum Gasteiger partial charge on any atom is 0.118 e. The quantitative estimate of drug-likeness (QED) is 0.715. The molecular formula is C18H17Cl2N2+. The van der Waals surface area contributed by atoms with Gasteiger partial charge in [0, 0.05) is 22.9 Å². The van der Waals surface area contributed by atoms with Crippen LogP contribution >= 0.6 is 23.2 Å². The molecule has 2 aromatic carbocycles. The fourth-order valence-electron chi connectivity index (χ4n) is 3.42. The van der Waals surface area contributed by atoms with Crippen molar-refractivity contribution in [2.75, 3.05) is 6.54 Å². The number of H-pyrrole nitrogens is 1. The number of para-hydroxylation sites is 1. The van der Waals surface area contributed by atoms with Gasteiger partial charge in [0.25, 0.3) is 0 Å². The lowest BCUT2D eigenvalue weighted by Crippen LogP contribution is -3.10. The van der Waals surface area contributed by atoms with Gasteiger partial charge in [0.05, 0.1) is 22.3 Å². The van der Waals surface area contributed by atoms with Gasteiger partial charge in [0.15, 0.2) is 0 Å². The normalized spacial score (nSPS) is 17.6. The Morgan fingerprint density at radius 1 is 1.05 bits per heavy atom. The van der Waals surface area contributed by atoms with Crippen molar-refractivity contribution >= 4 is 34.1 Å². The largest absolute Gasteiger partial charge is 0.354 e. The first-order valence-electron chi connectivity index (χ1n) is 7.56. The fourth-order valence-corrected chi connectivity index (χ4v) is 3.74. The van der Waals surface area contributed by atoms with Crippen molar-refractivity contribution in [1.82, 2.24) is 4.98 Å². The van der Waals surface area contributed by atoms with E-state index in [1.807, 2.05) is 12.1 Å². The van der Waals surface area contributed by atoms with E-state index < -0.39 is 0 Å². The standard InChI is InChI=1S/C18H16Cl2N2/c19-15-6-5-12(9-16(15)20)10-22-8-7-14-13-3-1-2-4-17(13)21-18(14)11-22/h1-6,9,21H,7-8,10-11H2/p+1. The summed E-state index contributed by atoms with van der Waals surface area (Å²) in [6, 6.07) is 14.5. The Morgan fingerprint density at radius 2 is 1.91 bits per heavy atom. The van der Waals surface area contributed by atoms with Crippen molar-refractivity contribution < 1.29 is 4.90 Å². The third-order valence-corrected chi connectivity index (χ3v) is 5.23. The van der Waals surface area contributed by atoms with Gasteiger partial charge in [0.1, 0.15) is 13.1 Å². The summed E-state index contributed by atoms with van der Waals surface area (Å²) in [6.07, 6.45) is 1.12. The van der Waals surface area contributed by atoms with Crippen molar-refractivity contribution in [3.63, 3.8) is 0 Å². The van der Waals surface area contributed by atoms with E-state index in [-0.39, 0.29) is 0 Å². The number of hydrogen-bond donors (Lipinski definition) is 2. The molecule has 0 fully saturated rings. The highest BCUT2D eigenvalue weighted by atomic mass is 35.5. The second-order valence-corrected chi connectivity index (χ2v) is 6.79. The van der Waals surface area contributed by atoms with E-state index in [1.165, 1.54) is 27.7 Å². The molecule has 1 aromatic heterocycles. The first kappa shape index (κ1) is 14.1. The van der Waals surface area contributed by atoms with E-state index in [9.17, 15) is 0 Å². The summed E-state index contributed by atoms with van der Waals surface area (Å²) >= 11 is 12.1. The number of aromatic amines is 1. The Hall–Kier alpha value is -1.48. The number of quaternary nitrogens is 1. The number of fused-ring (bicyclic) bond motifs is 3. The van der Waals surface area contributed by atoms with Crippen LogP contribution in [0.25, 0.3) is 10.9 Å². The average Bonchev–Trinajstić information content (AvgIpc) is 2.88. The molecule has 1 atom stereocenters. The van der Waals surface area contributed by atoms with E-state index >= 15 is 0 Å². The van der Waals surface area contributed by atoms with Crippen molar-refractivity contribution in [2.24, 2.45) is 0 Å². The molecule has 112 valence electrons. The van der Waals surface area contributed by atoms with Crippen LogP contribution < -0.4 is 4.90 Å². The molecule has 2 N–H and O–H groups in total. The van der Waals surface area contributed by atoms with Crippen molar-refractivity contribution in [1.29, 1.82) is 0 Å². The number of benzene rings is 2. The van der Waals surface area contributed by atoms with Crippen molar-refractivity contribution in [3.8, 4) is 0 Å². The minimum absolute atomic E-state index is 0.622. The zero-order chi connectivity index (χ0) is 15.1. The zero-order valence-electron chi connectivity index (χ0n) is 12.1. The molecule has 0 aliphatic carbocycles. The maximum atomic E-state index is 6.12. The average molecular weight is 332 g/mol. The summed E-state index contributed by atoms with van der Waals surface area (Å²) < 4.78 is 0. The number of rotatable bonds is 2. The number of halogens is 2. The van der Waals surface area contributed by atoms with Gasteiger partial charge in [-0.3, -0.25) is 0 Å². The molecule has 1 unspecified atom stereocenters. The van der Waals surface area contributed by atoms with Crippen molar-refractivity contribution in [3.05, 3.63) is 69.3 Å². The third kappa shape index (κ3) is 2.52. The van der Waals surface area contributed by atoms with Crippen LogP contribution in [0.1, 0.15) is 16.8 Å². The molecule has 4 rings (SSSR count). The molecule has 0 spiro atoms. The van der Waals surface area contributed by atoms with Gasteiger partial charge in [-0.1, -0.05) is 47.5 Å². The molecule has 1 aliphatic rings. The maximum absolute atomic E-state index is 6.12. The van der Waals surface area contributed by atoms with Gasteiger partial charge in [-0.15, -0.1) is 0 Å². The molecule has 1 aliphatic heterocycles.